The van der Waals surface area contributed by atoms with Crippen LogP contribution in [0, 0.1) is 11.7 Å². The van der Waals surface area contributed by atoms with Gasteiger partial charge in [0.15, 0.2) is 0 Å². The Hall–Kier alpha value is -1.64. The Labute approximate surface area is 107 Å². The van der Waals surface area contributed by atoms with Crippen LogP contribution in [0.2, 0.25) is 0 Å². The SMILES string of the molecule is CNC(=O)C1CC=C(C)CC1c1ccc(F)cc1. The molecule has 0 bridgehead atoms. The van der Waals surface area contributed by atoms with E-state index in [1.165, 1.54) is 17.7 Å². The average Bonchev–Trinajstić information content (AvgIpc) is 2.38. The molecule has 1 amide bonds. The minimum atomic E-state index is -0.238. The highest BCUT2D eigenvalue weighted by atomic mass is 19.1. The Morgan fingerprint density at radius 1 is 1.33 bits per heavy atom. The molecule has 1 aliphatic rings. The van der Waals surface area contributed by atoms with Crippen LogP contribution in [-0.4, -0.2) is 13.0 Å². The molecule has 2 rings (SSSR count). The highest BCUT2D eigenvalue weighted by Gasteiger charge is 2.30. The van der Waals surface area contributed by atoms with Gasteiger partial charge in [0.05, 0.1) is 0 Å². The first-order valence-electron chi connectivity index (χ1n) is 6.24. The summed E-state index contributed by atoms with van der Waals surface area (Å²) in [6.45, 7) is 2.08. The highest BCUT2D eigenvalue weighted by molar-refractivity contribution is 5.80. The maximum absolute atomic E-state index is 13.0. The quantitative estimate of drug-likeness (QED) is 0.800. The van der Waals surface area contributed by atoms with Gasteiger partial charge >= 0.3 is 0 Å². The van der Waals surface area contributed by atoms with Gasteiger partial charge in [-0.2, -0.15) is 0 Å². The van der Waals surface area contributed by atoms with Gasteiger partial charge in [-0.3, -0.25) is 4.79 Å². The maximum Gasteiger partial charge on any atom is 0.223 e. The highest BCUT2D eigenvalue weighted by Crippen LogP contribution is 2.37. The van der Waals surface area contributed by atoms with Crippen molar-refractivity contribution in [2.45, 2.75) is 25.7 Å². The molecule has 1 aliphatic carbocycles. The lowest BCUT2D eigenvalue weighted by Crippen LogP contribution is -2.33. The van der Waals surface area contributed by atoms with Crippen molar-refractivity contribution in [1.82, 2.24) is 5.32 Å². The van der Waals surface area contributed by atoms with Crippen molar-refractivity contribution in [3.8, 4) is 0 Å². The van der Waals surface area contributed by atoms with E-state index in [1.807, 2.05) is 0 Å². The molecule has 0 aromatic heterocycles. The van der Waals surface area contributed by atoms with E-state index in [0.29, 0.717) is 0 Å². The summed E-state index contributed by atoms with van der Waals surface area (Å²) < 4.78 is 13.0. The summed E-state index contributed by atoms with van der Waals surface area (Å²) in [5.74, 6) is -0.0777. The van der Waals surface area contributed by atoms with Gasteiger partial charge in [-0.25, -0.2) is 4.39 Å². The molecule has 18 heavy (non-hydrogen) atoms. The predicted molar refractivity (Wildman–Crippen MR) is 69.7 cm³/mol. The monoisotopic (exact) mass is 247 g/mol. The van der Waals surface area contributed by atoms with Gasteiger partial charge in [0.25, 0.3) is 0 Å². The van der Waals surface area contributed by atoms with Gasteiger partial charge in [-0.15, -0.1) is 0 Å². The molecule has 0 saturated carbocycles. The number of hydrogen-bond acceptors (Lipinski definition) is 1. The second-order valence-electron chi connectivity index (χ2n) is 4.87. The van der Waals surface area contributed by atoms with Gasteiger partial charge in [0.1, 0.15) is 5.82 Å². The van der Waals surface area contributed by atoms with Crippen LogP contribution < -0.4 is 5.32 Å². The third kappa shape index (κ3) is 2.61. The summed E-state index contributed by atoms with van der Waals surface area (Å²) in [6, 6.07) is 6.50. The van der Waals surface area contributed by atoms with Gasteiger partial charge in [-0.1, -0.05) is 23.8 Å². The molecule has 0 aliphatic heterocycles. The van der Waals surface area contributed by atoms with E-state index in [-0.39, 0.29) is 23.6 Å². The molecule has 1 N–H and O–H groups in total. The molecule has 1 aromatic rings. The van der Waals surface area contributed by atoms with Crippen LogP contribution in [-0.2, 0) is 4.79 Å². The Kier molecular flexibility index (Phi) is 3.80. The second kappa shape index (κ2) is 5.34. The zero-order valence-corrected chi connectivity index (χ0v) is 10.7. The molecule has 2 unspecified atom stereocenters. The molecule has 0 fully saturated rings. The second-order valence-corrected chi connectivity index (χ2v) is 4.87. The lowest BCUT2D eigenvalue weighted by molar-refractivity contribution is -0.125. The normalized spacial score (nSPS) is 23.4. The first kappa shape index (κ1) is 12.8. The zero-order valence-electron chi connectivity index (χ0n) is 10.7. The molecule has 2 nitrogen and oxygen atoms in total. The molecule has 0 radical (unpaired) electrons. The summed E-state index contributed by atoms with van der Waals surface area (Å²) in [4.78, 5) is 11.9. The van der Waals surface area contributed by atoms with Crippen LogP contribution in [0.5, 0.6) is 0 Å². The summed E-state index contributed by atoms with van der Waals surface area (Å²) in [5, 5.41) is 2.72. The Balaban J connectivity index is 2.29. The number of nitrogens with one attached hydrogen (secondary N) is 1. The molecular formula is C15H18FNO. The number of carbonyl (C=O) groups is 1. The third-order valence-electron chi connectivity index (χ3n) is 3.63. The minimum Gasteiger partial charge on any atom is -0.359 e. The maximum atomic E-state index is 13.0. The molecule has 2 atom stereocenters. The molecule has 0 spiro atoms. The van der Waals surface area contributed by atoms with E-state index in [2.05, 4.69) is 18.3 Å². The van der Waals surface area contributed by atoms with E-state index in [4.69, 9.17) is 0 Å². The summed E-state index contributed by atoms with van der Waals surface area (Å²) in [6.07, 6.45) is 3.75. The number of hydrogen-bond donors (Lipinski definition) is 1. The number of benzene rings is 1. The lowest BCUT2D eigenvalue weighted by atomic mass is 9.75. The molecule has 0 heterocycles. The fourth-order valence-corrected chi connectivity index (χ4v) is 2.60. The number of allylic oxidation sites excluding steroid dienone is 2. The van der Waals surface area contributed by atoms with Gasteiger partial charge < -0.3 is 5.32 Å². The average molecular weight is 247 g/mol. The fraction of sp³-hybridized carbons (Fsp3) is 0.400. The first-order valence-corrected chi connectivity index (χ1v) is 6.24. The standard InChI is InChI=1S/C15H18FNO/c1-10-3-8-13(15(18)17-2)14(9-10)11-4-6-12(16)7-5-11/h3-7,13-14H,8-9H2,1-2H3,(H,17,18). The van der Waals surface area contributed by atoms with Crippen molar-refractivity contribution in [1.29, 1.82) is 0 Å². The van der Waals surface area contributed by atoms with Crippen molar-refractivity contribution < 1.29 is 9.18 Å². The third-order valence-corrected chi connectivity index (χ3v) is 3.63. The van der Waals surface area contributed by atoms with Crippen molar-refractivity contribution in [3.05, 3.63) is 47.3 Å². The van der Waals surface area contributed by atoms with Crippen LogP contribution in [0.1, 0.15) is 31.2 Å². The predicted octanol–water partition coefficient (Wildman–Crippen LogP) is 3.01. The van der Waals surface area contributed by atoms with E-state index >= 15 is 0 Å². The number of halogens is 1. The number of rotatable bonds is 2. The minimum absolute atomic E-state index is 0.0517. The molecule has 1 aromatic carbocycles. The summed E-state index contributed by atoms with van der Waals surface area (Å²) in [7, 11) is 1.66. The molecular weight excluding hydrogens is 229 g/mol. The number of amides is 1. The molecule has 3 heteroatoms. The fourth-order valence-electron chi connectivity index (χ4n) is 2.60. The Morgan fingerprint density at radius 2 is 2.00 bits per heavy atom. The van der Waals surface area contributed by atoms with Crippen molar-refractivity contribution in [3.63, 3.8) is 0 Å². The van der Waals surface area contributed by atoms with E-state index in [0.717, 1.165) is 18.4 Å². The topological polar surface area (TPSA) is 29.1 Å². The van der Waals surface area contributed by atoms with Crippen LogP contribution in [0.15, 0.2) is 35.9 Å². The van der Waals surface area contributed by atoms with Crippen molar-refractivity contribution >= 4 is 5.91 Å². The first-order chi connectivity index (χ1) is 8.61. The van der Waals surface area contributed by atoms with E-state index in [9.17, 15) is 9.18 Å². The van der Waals surface area contributed by atoms with Crippen molar-refractivity contribution in [2.75, 3.05) is 7.05 Å². The van der Waals surface area contributed by atoms with Gasteiger partial charge in [0.2, 0.25) is 5.91 Å². The molecule has 0 saturated heterocycles. The van der Waals surface area contributed by atoms with Gasteiger partial charge in [-0.05, 0) is 43.4 Å². The van der Waals surface area contributed by atoms with Crippen LogP contribution >= 0.6 is 0 Å². The molecule has 96 valence electrons. The van der Waals surface area contributed by atoms with Crippen LogP contribution in [0.25, 0.3) is 0 Å². The number of carbonyl (C=O) groups excluding carboxylic acids is 1. The largest absolute Gasteiger partial charge is 0.359 e. The smallest absolute Gasteiger partial charge is 0.223 e. The summed E-state index contributed by atoms with van der Waals surface area (Å²) >= 11 is 0. The Bertz CT molecular complexity index is 464. The van der Waals surface area contributed by atoms with E-state index < -0.39 is 0 Å². The zero-order chi connectivity index (χ0) is 13.1. The van der Waals surface area contributed by atoms with E-state index in [1.54, 1.807) is 19.2 Å². The van der Waals surface area contributed by atoms with Crippen molar-refractivity contribution in [2.24, 2.45) is 5.92 Å². The van der Waals surface area contributed by atoms with Crippen LogP contribution in [0.4, 0.5) is 4.39 Å². The van der Waals surface area contributed by atoms with Gasteiger partial charge in [0, 0.05) is 13.0 Å². The van der Waals surface area contributed by atoms with Crippen LogP contribution in [0.3, 0.4) is 0 Å². The summed E-state index contributed by atoms with van der Waals surface area (Å²) in [5.41, 5.74) is 2.34. The lowest BCUT2D eigenvalue weighted by Gasteiger charge is -2.29. The Morgan fingerprint density at radius 3 is 2.61 bits per heavy atom.